The molecule has 2 saturated carbocycles. The molecule has 270 valence electrons. The Balaban J connectivity index is 0.000000332. The molecule has 5 unspecified atom stereocenters. The minimum Gasteiger partial charge on any atom is -0.545 e. The highest BCUT2D eigenvalue weighted by molar-refractivity contribution is 5.87. The molecule has 0 aromatic heterocycles. The number of carbonyl (C=O) groups excluding carboxylic acids is 4. The fraction of sp³-hybridized carbons (Fsp3) is 0.350. The molecule has 2 aromatic rings. The number of benzene rings is 2. The molecule has 1 aliphatic heterocycles. The number of aliphatic carboxylic acids is 2. The number of phenolic OH excluding ortho intramolecular Hbond substituents is 1. The fourth-order valence-corrected chi connectivity index (χ4v) is 4.92. The van der Waals surface area contributed by atoms with Crippen LogP contribution in [-0.2, 0) is 28.7 Å². The van der Waals surface area contributed by atoms with E-state index < -0.39 is 11.9 Å². The minimum atomic E-state index is -1.19. The zero-order valence-corrected chi connectivity index (χ0v) is 29.7. The van der Waals surface area contributed by atoms with Crippen molar-refractivity contribution >= 4 is 36.0 Å². The summed E-state index contributed by atoms with van der Waals surface area (Å²) in [5.74, 6) is -1.02. The molecule has 2 aromatic carbocycles. The summed E-state index contributed by atoms with van der Waals surface area (Å²) in [4.78, 5) is 41.9. The molecule has 10 nitrogen and oxygen atoms in total. The number of carbonyl (C=O) groups is 4. The second-order valence-corrected chi connectivity index (χ2v) is 13.0. The van der Waals surface area contributed by atoms with Crippen LogP contribution in [0.1, 0.15) is 65.5 Å². The SMILES string of the molecule is C=C(C)C(=O)OC1C2CC3C(=O)OC1C3C2.C=C(C)C(=O)[O-].C=C(C)C(=O)[O-].C=Cc1ccc(O)cc1.C=Cc1ccc(OC(C)(C)C)cc1. The van der Waals surface area contributed by atoms with Crippen molar-refractivity contribution < 1.29 is 48.7 Å². The lowest BCUT2D eigenvalue weighted by Gasteiger charge is -2.25. The van der Waals surface area contributed by atoms with Crippen LogP contribution in [0.5, 0.6) is 11.5 Å². The zero-order chi connectivity index (χ0) is 38.3. The smallest absolute Gasteiger partial charge is 0.333 e. The molecule has 2 bridgehead atoms. The van der Waals surface area contributed by atoms with Gasteiger partial charge in [-0.3, -0.25) is 4.79 Å². The Morgan fingerprint density at radius 2 is 1.26 bits per heavy atom. The normalized spacial score (nSPS) is 20.1. The van der Waals surface area contributed by atoms with E-state index in [2.05, 4.69) is 32.9 Å². The molecule has 0 radical (unpaired) electrons. The quantitative estimate of drug-likeness (QED) is 0.301. The summed E-state index contributed by atoms with van der Waals surface area (Å²) in [6.45, 7) is 27.5. The van der Waals surface area contributed by atoms with E-state index >= 15 is 0 Å². The predicted molar refractivity (Wildman–Crippen MR) is 189 cm³/mol. The minimum absolute atomic E-state index is 0.0646. The summed E-state index contributed by atoms with van der Waals surface area (Å²) < 4.78 is 16.3. The van der Waals surface area contributed by atoms with Gasteiger partial charge in [0, 0.05) is 17.4 Å². The number of aromatic hydroxyl groups is 1. The molecule has 3 fully saturated rings. The lowest BCUT2D eigenvalue weighted by molar-refractivity contribution is -0.300. The third-order valence-electron chi connectivity index (χ3n) is 7.37. The Labute approximate surface area is 295 Å². The standard InChI is InChI=1S/C12H14O4.C12H16O.C8H8O.2C4H6O2/c1-5(2)11(13)15-9-6-3-7-8(4-6)12(14)16-10(7)9;1-5-10-6-8-11(9-7-10)13-12(2,3)4;1-2-7-3-5-8(9)6-4-7;2*1-3(2)4(5)6/h6-10H,1,3-4H2,2H3;5-9H,1H2,2-4H3;2-6,9H,1H2;2*1H2,2H3,(H,5,6)/p-2. The number of hydrogen-bond acceptors (Lipinski definition) is 10. The van der Waals surface area contributed by atoms with Crippen molar-refractivity contribution in [3.05, 3.63) is 109 Å². The van der Waals surface area contributed by atoms with Crippen LogP contribution in [-0.4, -0.2) is 46.8 Å². The zero-order valence-electron chi connectivity index (χ0n) is 29.7. The number of ether oxygens (including phenoxy) is 3. The van der Waals surface area contributed by atoms with Crippen LogP contribution in [0, 0.1) is 17.8 Å². The van der Waals surface area contributed by atoms with Gasteiger partial charge in [0.15, 0.2) is 0 Å². The van der Waals surface area contributed by atoms with Gasteiger partial charge in [0.05, 0.1) is 17.9 Å². The summed E-state index contributed by atoms with van der Waals surface area (Å²) in [6, 6.07) is 14.8. The van der Waals surface area contributed by atoms with E-state index in [-0.39, 0.29) is 52.7 Å². The first-order valence-electron chi connectivity index (χ1n) is 15.8. The molecule has 0 spiro atoms. The molecule has 0 amide bonds. The maximum absolute atomic E-state index is 11.5. The fourth-order valence-electron chi connectivity index (χ4n) is 4.92. The third kappa shape index (κ3) is 14.4. The van der Waals surface area contributed by atoms with Gasteiger partial charge in [0.25, 0.3) is 0 Å². The number of rotatable bonds is 7. The van der Waals surface area contributed by atoms with E-state index in [0.717, 1.165) is 29.7 Å². The second kappa shape index (κ2) is 19.6. The highest BCUT2D eigenvalue weighted by Crippen LogP contribution is 2.55. The summed E-state index contributed by atoms with van der Waals surface area (Å²) in [7, 11) is 0. The van der Waals surface area contributed by atoms with Crippen molar-refractivity contribution in [2.75, 3.05) is 0 Å². The average molecular weight is 689 g/mol. The van der Waals surface area contributed by atoms with E-state index in [0.29, 0.717) is 17.2 Å². The Bertz CT molecular complexity index is 1500. The van der Waals surface area contributed by atoms with Crippen molar-refractivity contribution in [2.45, 2.75) is 72.2 Å². The summed E-state index contributed by atoms with van der Waals surface area (Å²) in [6.07, 6.45) is 4.89. The van der Waals surface area contributed by atoms with E-state index in [1.54, 1.807) is 25.1 Å². The van der Waals surface area contributed by atoms with Gasteiger partial charge < -0.3 is 39.1 Å². The number of carboxylic acid groups (broad SMARTS) is 2. The molecule has 1 heterocycles. The van der Waals surface area contributed by atoms with Crippen LogP contribution < -0.4 is 14.9 Å². The molecule has 10 heteroatoms. The molecule has 5 atom stereocenters. The van der Waals surface area contributed by atoms with Crippen molar-refractivity contribution in [1.82, 2.24) is 0 Å². The lowest BCUT2D eigenvalue weighted by Crippen LogP contribution is -2.36. The largest absolute Gasteiger partial charge is 0.545 e. The predicted octanol–water partition coefficient (Wildman–Crippen LogP) is 5.22. The van der Waals surface area contributed by atoms with E-state index in [1.807, 2.05) is 63.2 Å². The van der Waals surface area contributed by atoms with Crippen LogP contribution in [0.15, 0.2) is 98.1 Å². The molecular weight excluding hydrogens is 640 g/mol. The van der Waals surface area contributed by atoms with Gasteiger partial charge in [-0.2, -0.15) is 0 Å². The van der Waals surface area contributed by atoms with Crippen molar-refractivity contribution in [3.63, 3.8) is 0 Å². The van der Waals surface area contributed by atoms with Gasteiger partial charge in [-0.1, -0.05) is 69.3 Å². The van der Waals surface area contributed by atoms with Gasteiger partial charge >= 0.3 is 11.9 Å². The van der Waals surface area contributed by atoms with Crippen LogP contribution >= 0.6 is 0 Å². The first-order valence-corrected chi connectivity index (χ1v) is 15.8. The number of phenols is 1. The highest BCUT2D eigenvalue weighted by Gasteiger charge is 2.63. The number of esters is 2. The molecule has 3 aliphatic rings. The monoisotopic (exact) mass is 688 g/mol. The van der Waals surface area contributed by atoms with Crippen molar-refractivity contribution in [3.8, 4) is 11.5 Å². The second-order valence-electron chi connectivity index (χ2n) is 13.0. The van der Waals surface area contributed by atoms with E-state index in [4.69, 9.17) is 19.3 Å². The Morgan fingerprint density at radius 3 is 1.64 bits per heavy atom. The Kier molecular flexibility index (Phi) is 16.7. The molecule has 1 saturated heterocycles. The van der Waals surface area contributed by atoms with Crippen molar-refractivity contribution in [1.29, 1.82) is 0 Å². The van der Waals surface area contributed by atoms with Crippen molar-refractivity contribution in [2.24, 2.45) is 17.8 Å². The van der Waals surface area contributed by atoms with E-state index in [9.17, 15) is 29.4 Å². The maximum Gasteiger partial charge on any atom is 0.333 e. The van der Waals surface area contributed by atoms with Crippen LogP contribution in [0.25, 0.3) is 12.2 Å². The van der Waals surface area contributed by atoms with Crippen LogP contribution in [0.2, 0.25) is 0 Å². The van der Waals surface area contributed by atoms with Gasteiger partial charge in [-0.15, -0.1) is 0 Å². The van der Waals surface area contributed by atoms with E-state index in [1.165, 1.54) is 13.8 Å². The number of hydrogen-bond donors (Lipinski definition) is 1. The molecular formula is C40H48O10-2. The Morgan fingerprint density at radius 1 is 0.820 bits per heavy atom. The highest BCUT2D eigenvalue weighted by atomic mass is 16.6. The van der Waals surface area contributed by atoms with Gasteiger partial charge in [-0.25, -0.2) is 4.79 Å². The van der Waals surface area contributed by atoms with Gasteiger partial charge in [0.2, 0.25) is 0 Å². The van der Waals surface area contributed by atoms with Crippen LogP contribution in [0.4, 0.5) is 0 Å². The third-order valence-corrected chi connectivity index (χ3v) is 7.37. The molecule has 1 N–H and O–H groups in total. The number of carboxylic acids is 2. The summed E-state index contributed by atoms with van der Waals surface area (Å²) in [5.41, 5.74) is 2.53. The maximum atomic E-state index is 11.5. The van der Waals surface area contributed by atoms with Gasteiger partial charge in [0.1, 0.15) is 29.3 Å². The lowest BCUT2D eigenvalue weighted by atomic mass is 9.88. The average Bonchev–Trinajstić information content (AvgIpc) is 3.68. The molecule has 2 aliphatic carbocycles. The first kappa shape index (κ1) is 42.6. The molecule has 5 rings (SSSR count). The van der Waals surface area contributed by atoms with Crippen LogP contribution in [0.3, 0.4) is 0 Å². The number of fused-ring (bicyclic) bond motifs is 1. The first-order chi connectivity index (χ1) is 23.2. The molecule has 50 heavy (non-hydrogen) atoms. The topological polar surface area (TPSA) is 162 Å². The Hall–Kier alpha value is -5.38. The summed E-state index contributed by atoms with van der Waals surface area (Å²) in [5, 5.41) is 27.8. The van der Waals surface area contributed by atoms with Gasteiger partial charge in [-0.05, 0) is 101 Å². The summed E-state index contributed by atoms with van der Waals surface area (Å²) >= 11 is 0.